The maximum Gasteiger partial charge on any atom is 0.472 e. The van der Waals surface area contributed by atoms with E-state index in [0.717, 1.165) is 57.8 Å². The largest absolute Gasteiger partial charge is 0.472 e. The predicted octanol–water partition coefficient (Wildman–Crippen LogP) is 11.1. The maximum atomic E-state index is 12.6. The predicted molar refractivity (Wildman–Crippen MR) is 210 cm³/mol. The van der Waals surface area contributed by atoms with Gasteiger partial charge in [0, 0.05) is 19.6 Å². The molecule has 10 heteroatoms. The van der Waals surface area contributed by atoms with Crippen molar-refractivity contribution in [2.45, 2.75) is 199 Å². The maximum absolute atomic E-state index is 12.6. The molecule has 0 spiro atoms. The molecule has 51 heavy (non-hydrogen) atoms. The van der Waals surface area contributed by atoms with Crippen molar-refractivity contribution in [3.05, 3.63) is 24.3 Å². The van der Waals surface area contributed by atoms with E-state index < -0.39 is 13.9 Å². The van der Waals surface area contributed by atoms with E-state index in [1.807, 2.05) is 0 Å². The number of unbranched alkanes of at least 4 members (excludes halogenated alkanes) is 19. The van der Waals surface area contributed by atoms with Gasteiger partial charge in [-0.3, -0.25) is 13.8 Å². The minimum atomic E-state index is -4.28. The second-order valence-electron chi connectivity index (χ2n) is 14.2. The monoisotopic (exact) mass is 744 g/mol. The summed E-state index contributed by atoms with van der Waals surface area (Å²) in [4.78, 5) is 22.5. The molecule has 0 aliphatic carbocycles. The Morgan fingerprint density at radius 3 is 1.86 bits per heavy atom. The van der Waals surface area contributed by atoms with E-state index in [2.05, 4.69) is 38.2 Å². The van der Waals surface area contributed by atoms with Crippen molar-refractivity contribution >= 4 is 13.8 Å². The third-order valence-electron chi connectivity index (χ3n) is 9.26. The van der Waals surface area contributed by atoms with E-state index in [4.69, 9.17) is 29.0 Å². The number of carbonyl (C=O) groups excluding carboxylic acids is 1. The van der Waals surface area contributed by atoms with Crippen molar-refractivity contribution in [1.82, 2.24) is 0 Å². The van der Waals surface area contributed by atoms with Gasteiger partial charge in [-0.05, 0) is 64.2 Å². The van der Waals surface area contributed by atoms with Crippen LogP contribution in [0.4, 0.5) is 0 Å². The number of carbonyl (C=O) groups is 1. The van der Waals surface area contributed by atoms with Crippen LogP contribution >= 0.6 is 7.82 Å². The molecule has 0 aromatic heterocycles. The van der Waals surface area contributed by atoms with Crippen molar-refractivity contribution in [2.75, 3.05) is 33.0 Å². The molecule has 4 atom stereocenters. The highest BCUT2D eigenvalue weighted by Crippen LogP contribution is 2.43. The number of hydrogen-bond acceptors (Lipinski definition) is 8. The van der Waals surface area contributed by atoms with Crippen LogP contribution in [0.2, 0.25) is 0 Å². The van der Waals surface area contributed by atoms with Gasteiger partial charge in [-0.2, -0.15) is 0 Å². The lowest BCUT2D eigenvalue weighted by Gasteiger charge is -2.20. The zero-order chi connectivity index (χ0) is 37.1. The normalized spacial score (nSPS) is 17.7. The third-order valence-corrected chi connectivity index (χ3v) is 10.2. The number of phosphoric ester groups is 1. The number of allylic oxidation sites excluding steroid dienone is 3. The highest BCUT2D eigenvalue weighted by atomic mass is 31.2. The zero-order valence-corrected chi connectivity index (χ0v) is 33.7. The summed E-state index contributed by atoms with van der Waals surface area (Å²) in [5.41, 5.74) is 5.36. The lowest BCUT2D eigenvalue weighted by molar-refractivity contribution is -0.154. The SMILES string of the molecule is CCCCCCCC/C=C\CCCCCCCCOCC(COP(=O)(O)OCCN)OC(=O)CCCCCCC/C=C\CC1OC1CCCCC. The van der Waals surface area contributed by atoms with Gasteiger partial charge in [-0.1, -0.05) is 134 Å². The summed E-state index contributed by atoms with van der Waals surface area (Å²) in [5, 5.41) is 0. The van der Waals surface area contributed by atoms with E-state index in [1.54, 1.807) is 0 Å². The second kappa shape index (κ2) is 34.7. The average Bonchev–Trinajstić information content (AvgIpc) is 3.87. The number of phosphoric acid groups is 1. The van der Waals surface area contributed by atoms with Gasteiger partial charge in [0.2, 0.25) is 0 Å². The van der Waals surface area contributed by atoms with Crippen LogP contribution in [0, 0.1) is 0 Å². The fourth-order valence-electron chi connectivity index (χ4n) is 6.06. The Hall–Kier alpha value is -1.06. The van der Waals surface area contributed by atoms with Gasteiger partial charge in [-0.15, -0.1) is 0 Å². The Kier molecular flexibility index (Phi) is 32.6. The van der Waals surface area contributed by atoms with E-state index in [1.165, 1.54) is 103 Å². The minimum absolute atomic E-state index is 0.0952. The molecule has 1 aliphatic heterocycles. The van der Waals surface area contributed by atoms with Crippen LogP contribution in [0.1, 0.15) is 181 Å². The Morgan fingerprint density at radius 2 is 1.24 bits per heavy atom. The molecule has 300 valence electrons. The summed E-state index contributed by atoms with van der Waals surface area (Å²) in [6, 6.07) is 0. The first-order valence-electron chi connectivity index (χ1n) is 21.0. The third kappa shape index (κ3) is 32.1. The quantitative estimate of drug-likeness (QED) is 0.0208. The average molecular weight is 744 g/mol. The van der Waals surface area contributed by atoms with Gasteiger partial charge < -0.3 is 24.8 Å². The summed E-state index contributed by atoms with van der Waals surface area (Å²) in [6.07, 6.45) is 39.3. The Bertz CT molecular complexity index is 901. The van der Waals surface area contributed by atoms with Crippen molar-refractivity contribution in [1.29, 1.82) is 0 Å². The van der Waals surface area contributed by atoms with Crippen LogP contribution < -0.4 is 5.73 Å². The van der Waals surface area contributed by atoms with Gasteiger partial charge in [0.05, 0.1) is 32.0 Å². The smallest absolute Gasteiger partial charge is 0.457 e. The molecule has 4 unspecified atom stereocenters. The second-order valence-corrected chi connectivity index (χ2v) is 15.7. The van der Waals surface area contributed by atoms with E-state index >= 15 is 0 Å². The number of ether oxygens (including phenoxy) is 3. The van der Waals surface area contributed by atoms with Crippen LogP contribution in [0.25, 0.3) is 0 Å². The van der Waals surface area contributed by atoms with Gasteiger partial charge in [0.25, 0.3) is 0 Å². The number of hydrogen-bond donors (Lipinski definition) is 2. The van der Waals surface area contributed by atoms with E-state index in [-0.39, 0.29) is 32.3 Å². The summed E-state index contributed by atoms with van der Waals surface area (Å²) in [7, 11) is -4.28. The first-order chi connectivity index (χ1) is 24.9. The fourth-order valence-corrected chi connectivity index (χ4v) is 6.82. The van der Waals surface area contributed by atoms with Gasteiger partial charge in [0.15, 0.2) is 0 Å². The van der Waals surface area contributed by atoms with E-state index in [0.29, 0.717) is 25.2 Å². The zero-order valence-electron chi connectivity index (χ0n) is 32.8. The standard InChI is InChI=1S/C41H78NO8P/c1-3-5-7-8-9-10-11-12-13-14-15-16-19-22-25-29-34-46-36-38(37-48-51(44,45)47-35-33-42)49-41(43)32-28-24-21-18-17-20-23-27-31-40-39(50-40)30-26-6-4-2/h12-13,23,27,38-40H,3-11,14-22,24-26,28-37,42H2,1-2H3,(H,44,45)/b13-12-,27-23-. The van der Waals surface area contributed by atoms with E-state index in [9.17, 15) is 14.3 Å². The molecule has 1 aliphatic rings. The first kappa shape index (κ1) is 48.0. The number of rotatable bonds is 39. The minimum Gasteiger partial charge on any atom is -0.457 e. The summed E-state index contributed by atoms with van der Waals surface area (Å²) < 4.78 is 39.1. The van der Waals surface area contributed by atoms with Crippen LogP contribution in [0.5, 0.6) is 0 Å². The van der Waals surface area contributed by atoms with Crippen LogP contribution in [-0.2, 0) is 32.6 Å². The van der Waals surface area contributed by atoms with Gasteiger partial charge in [0.1, 0.15) is 6.10 Å². The fraction of sp³-hybridized carbons (Fsp3) is 0.878. The van der Waals surface area contributed by atoms with Crippen LogP contribution in [0.3, 0.4) is 0 Å². The molecule has 0 aromatic carbocycles. The van der Waals surface area contributed by atoms with Gasteiger partial charge >= 0.3 is 13.8 Å². The molecule has 1 fully saturated rings. The molecule has 0 aromatic rings. The Morgan fingerprint density at radius 1 is 0.686 bits per heavy atom. The van der Waals surface area contributed by atoms with Crippen LogP contribution in [-0.4, -0.2) is 62.1 Å². The van der Waals surface area contributed by atoms with Crippen molar-refractivity contribution in [3.8, 4) is 0 Å². The number of epoxide rings is 1. The number of esters is 1. The summed E-state index contributed by atoms with van der Waals surface area (Å²) in [6.45, 7) is 4.85. The Labute approximate surface area is 312 Å². The molecule has 0 radical (unpaired) electrons. The molecule has 1 rings (SSSR count). The lowest BCUT2D eigenvalue weighted by atomic mass is 10.1. The molecular formula is C41H78NO8P. The van der Waals surface area contributed by atoms with Crippen molar-refractivity contribution < 1.29 is 37.5 Å². The molecule has 1 saturated heterocycles. The molecule has 9 nitrogen and oxygen atoms in total. The highest BCUT2D eigenvalue weighted by Gasteiger charge is 2.36. The molecule has 0 bridgehead atoms. The van der Waals surface area contributed by atoms with Crippen molar-refractivity contribution in [3.63, 3.8) is 0 Å². The number of nitrogens with two attached hydrogens (primary N) is 1. The Balaban J connectivity index is 2.13. The first-order valence-corrected chi connectivity index (χ1v) is 22.5. The molecule has 0 amide bonds. The van der Waals surface area contributed by atoms with Crippen molar-refractivity contribution in [2.24, 2.45) is 5.73 Å². The lowest BCUT2D eigenvalue weighted by Crippen LogP contribution is -2.28. The molecular weight excluding hydrogens is 665 g/mol. The van der Waals surface area contributed by atoms with Crippen LogP contribution in [0.15, 0.2) is 24.3 Å². The topological polar surface area (TPSA) is 130 Å². The summed E-state index contributed by atoms with van der Waals surface area (Å²) in [5.74, 6) is -0.349. The summed E-state index contributed by atoms with van der Waals surface area (Å²) >= 11 is 0. The molecule has 3 N–H and O–H groups in total. The van der Waals surface area contributed by atoms with Gasteiger partial charge in [-0.25, -0.2) is 4.57 Å². The highest BCUT2D eigenvalue weighted by molar-refractivity contribution is 7.47. The molecule has 0 saturated carbocycles. The molecule has 1 heterocycles.